The van der Waals surface area contributed by atoms with Crippen LogP contribution in [0, 0.1) is 0 Å². The Labute approximate surface area is 142 Å². The molecule has 0 spiro atoms. The Balaban J connectivity index is 1.65. The number of aliphatic hydroxyl groups is 1. The van der Waals surface area contributed by atoms with Gasteiger partial charge in [0.15, 0.2) is 17.4 Å². The molecule has 0 atom stereocenters. The lowest BCUT2D eigenvalue weighted by atomic mass is 9.85. The number of guanidine groups is 1. The molecule has 3 rings (SSSR count). The Morgan fingerprint density at radius 2 is 2.08 bits per heavy atom. The number of nitrogens with one attached hydrogen (secondary N) is 2. The van der Waals surface area contributed by atoms with Gasteiger partial charge in [0.25, 0.3) is 0 Å². The molecule has 1 saturated carbocycles. The van der Waals surface area contributed by atoms with Crippen LogP contribution in [0.15, 0.2) is 29.4 Å². The molecular weight excluding hydrogens is 304 g/mol. The Kier molecular flexibility index (Phi) is 5.30. The van der Waals surface area contributed by atoms with Crippen molar-refractivity contribution in [2.24, 2.45) is 4.99 Å². The maximum absolute atomic E-state index is 10.6. The molecule has 1 aliphatic rings. The van der Waals surface area contributed by atoms with Gasteiger partial charge in [-0.05, 0) is 31.9 Å². The minimum atomic E-state index is -0.615. The van der Waals surface area contributed by atoms with Gasteiger partial charge in [-0.15, -0.1) is 10.2 Å². The normalized spacial score (nSPS) is 17.8. The number of aliphatic imine (C=N–C) groups is 1. The van der Waals surface area contributed by atoms with E-state index in [1.165, 1.54) is 6.42 Å². The minimum absolute atomic E-state index is 0.430. The summed E-state index contributed by atoms with van der Waals surface area (Å²) >= 11 is 0. The van der Waals surface area contributed by atoms with E-state index in [9.17, 15) is 5.11 Å². The number of hydrogen-bond donors (Lipinski definition) is 3. The summed E-state index contributed by atoms with van der Waals surface area (Å²) in [5.41, 5.74) is 0.202. The van der Waals surface area contributed by atoms with Gasteiger partial charge in [0, 0.05) is 19.3 Å². The van der Waals surface area contributed by atoms with E-state index in [-0.39, 0.29) is 0 Å². The quantitative estimate of drug-likeness (QED) is 0.571. The average Bonchev–Trinajstić information content (AvgIpc) is 3.01. The fourth-order valence-corrected chi connectivity index (χ4v) is 3.13. The first-order valence-electron chi connectivity index (χ1n) is 8.73. The summed E-state index contributed by atoms with van der Waals surface area (Å²) in [6.07, 6.45) is 7.05. The van der Waals surface area contributed by atoms with Crippen LogP contribution in [0.2, 0.25) is 0 Å². The first-order chi connectivity index (χ1) is 11.7. The Morgan fingerprint density at radius 3 is 2.88 bits per heavy atom. The molecule has 24 heavy (non-hydrogen) atoms. The van der Waals surface area contributed by atoms with Crippen molar-refractivity contribution in [2.45, 2.75) is 51.2 Å². The Bertz CT molecular complexity index is 689. The fraction of sp³-hybridized carbons (Fsp3) is 0.588. The van der Waals surface area contributed by atoms with E-state index < -0.39 is 5.60 Å². The predicted molar refractivity (Wildman–Crippen MR) is 93.8 cm³/mol. The Morgan fingerprint density at radius 1 is 1.25 bits per heavy atom. The van der Waals surface area contributed by atoms with Gasteiger partial charge in [-0.1, -0.05) is 25.3 Å². The summed E-state index contributed by atoms with van der Waals surface area (Å²) in [4.78, 5) is 4.58. The molecule has 7 nitrogen and oxygen atoms in total. The zero-order valence-electron chi connectivity index (χ0n) is 14.2. The van der Waals surface area contributed by atoms with Crippen molar-refractivity contribution in [3.05, 3.63) is 30.2 Å². The first kappa shape index (κ1) is 16.7. The van der Waals surface area contributed by atoms with E-state index in [2.05, 4.69) is 25.8 Å². The lowest BCUT2D eigenvalue weighted by Gasteiger charge is -2.32. The fourth-order valence-electron chi connectivity index (χ4n) is 3.13. The highest BCUT2D eigenvalue weighted by Crippen LogP contribution is 2.27. The second-order valence-corrected chi connectivity index (χ2v) is 6.38. The highest BCUT2D eigenvalue weighted by Gasteiger charge is 2.29. The maximum atomic E-state index is 10.6. The van der Waals surface area contributed by atoms with Crippen LogP contribution < -0.4 is 10.6 Å². The highest BCUT2D eigenvalue weighted by atomic mass is 16.3. The number of nitrogens with zero attached hydrogens (tertiary/aromatic N) is 4. The minimum Gasteiger partial charge on any atom is -0.388 e. The molecule has 1 aliphatic carbocycles. The number of fused-ring (bicyclic) bond motifs is 1. The van der Waals surface area contributed by atoms with Crippen LogP contribution in [-0.4, -0.2) is 44.4 Å². The van der Waals surface area contributed by atoms with E-state index in [1.54, 1.807) is 0 Å². The summed E-state index contributed by atoms with van der Waals surface area (Å²) < 4.78 is 1.93. The van der Waals surface area contributed by atoms with Gasteiger partial charge in [-0.3, -0.25) is 4.40 Å². The molecule has 0 bridgehead atoms. The summed E-state index contributed by atoms with van der Waals surface area (Å²) in [7, 11) is 0. The van der Waals surface area contributed by atoms with Crippen molar-refractivity contribution in [1.82, 2.24) is 25.2 Å². The summed E-state index contributed by atoms with van der Waals surface area (Å²) in [6.45, 7) is 3.75. The molecule has 130 valence electrons. The molecule has 7 heteroatoms. The van der Waals surface area contributed by atoms with Crippen LogP contribution >= 0.6 is 0 Å². The van der Waals surface area contributed by atoms with Crippen molar-refractivity contribution < 1.29 is 5.11 Å². The summed E-state index contributed by atoms with van der Waals surface area (Å²) in [5, 5.41) is 25.4. The van der Waals surface area contributed by atoms with Crippen LogP contribution in [0.25, 0.3) is 5.65 Å². The van der Waals surface area contributed by atoms with Crippen LogP contribution in [0.3, 0.4) is 0 Å². The number of aromatic nitrogens is 3. The molecule has 1 fully saturated rings. The van der Waals surface area contributed by atoms with Crippen LogP contribution in [0.1, 0.15) is 44.9 Å². The topological polar surface area (TPSA) is 86.8 Å². The van der Waals surface area contributed by atoms with Gasteiger partial charge in [-0.2, -0.15) is 0 Å². The second kappa shape index (κ2) is 7.61. The van der Waals surface area contributed by atoms with Crippen LogP contribution in [0.4, 0.5) is 0 Å². The monoisotopic (exact) mass is 330 g/mol. The van der Waals surface area contributed by atoms with Crippen molar-refractivity contribution in [3.8, 4) is 0 Å². The van der Waals surface area contributed by atoms with Gasteiger partial charge < -0.3 is 15.7 Å². The van der Waals surface area contributed by atoms with E-state index in [0.29, 0.717) is 19.0 Å². The van der Waals surface area contributed by atoms with E-state index in [1.807, 2.05) is 35.7 Å². The van der Waals surface area contributed by atoms with Crippen LogP contribution in [0.5, 0.6) is 0 Å². The second-order valence-electron chi connectivity index (χ2n) is 6.38. The van der Waals surface area contributed by atoms with Crippen molar-refractivity contribution in [3.63, 3.8) is 0 Å². The van der Waals surface area contributed by atoms with Gasteiger partial charge >= 0.3 is 0 Å². The molecule has 0 aliphatic heterocycles. The molecular formula is C17H26N6O. The number of hydrogen-bond acceptors (Lipinski definition) is 4. The maximum Gasteiger partial charge on any atom is 0.191 e. The van der Waals surface area contributed by atoms with E-state index >= 15 is 0 Å². The molecule has 0 saturated heterocycles. The van der Waals surface area contributed by atoms with Crippen LogP contribution in [-0.2, 0) is 6.54 Å². The van der Waals surface area contributed by atoms with Gasteiger partial charge in [0.05, 0.1) is 5.60 Å². The standard InChI is InChI=1S/C17H26N6O/c1-2-18-16(20-13-17(24)9-5-3-6-10-17)19-12-15-22-21-14-8-4-7-11-23(14)15/h4,7-8,11,24H,2-3,5-6,9-10,12-13H2,1H3,(H2,18,19,20). The molecule has 0 unspecified atom stereocenters. The average molecular weight is 330 g/mol. The molecule has 0 radical (unpaired) electrons. The van der Waals surface area contributed by atoms with Crippen molar-refractivity contribution >= 4 is 11.6 Å². The highest BCUT2D eigenvalue weighted by molar-refractivity contribution is 5.79. The Hall–Kier alpha value is -2.15. The number of rotatable bonds is 5. The third-order valence-electron chi connectivity index (χ3n) is 4.48. The third-order valence-corrected chi connectivity index (χ3v) is 4.48. The largest absolute Gasteiger partial charge is 0.388 e. The SMILES string of the molecule is CCNC(=NCc1nnc2ccccn12)NCC1(O)CCCCC1. The molecule has 2 aromatic rings. The third kappa shape index (κ3) is 4.03. The molecule has 2 aromatic heterocycles. The predicted octanol–water partition coefficient (Wildman–Crippen LogP) is 1.48. The molecule has 0 amide bonds. The summed E-state index contributed by atoms with van der Waals surface area (Å²) in [6, 6.07) is 5.81. The summed E-state index contributed by atoms with van der Waals surface area (Å²) in [5.74, 6) is 1.49. The first-order valence-corrected chi connectivity index (χ1v) is 8.73. The van der Waals surface area contributed by atoms with Crippen molar-refractivity contribution in [1.29, 1.82) is 0 Å². The molecule has 0 aromatic carbocycles. The van der Waals surface area contributed by atoms with Crippen molar-refractivity contribution in [2.75, 3.05) is 13.1 Å². The van der Waals surface area contributed by atoms with E-state index in [4.69, 9.17) is 0 Å². The van der Waals surface area contributed by atoms with Gasteiger partial charge in [0.2, 0.25) is 0 Å². The zero-order chi connectivity index (χ0) is 16.8. The molecule has 3 N–H and O–H groups in total. The smallest absolute Gasteiger partial charge is 0.191 e. The lowest BCUT2D eigenvalue weighted by molar-refractivity contribution is 0.00859. The zero-order valence-corrected chi connectivity index (χ0v) is 14.2. The van der Waals surface area contributed by atoms with Gasteiger partial charge in [-0.25, -0.2) is 4.99 Å². The number of pyridine rings is 1. The molecule has 2 heterocycles. The lowest BCUT2D eigenvalue weighted by Crippen LogP contribution is -2.48. The van der Waals surface area contributed by atoms with Gasteiger partial charge in [0.1, 0.15) is 6.54 Å². The van der Waals surface area contributed by atoms with E-state index in [0.717, 1.165) is 43.7 Å².